The Hall–Kier alpha value is -3.34. The number of nitrogens with one attached hydrogen (secondary N) is 2. The predicted octanol–water partition coefficient (Wildman–Crippen LogP) is 3.23. The number of urea groups is 1. The Balaban J connectivity index is 2.08. The molecule has 30 heavy (non-hydrogen) atoms. The van der Waals surface area contributed by atoms with Gasteiger partial charge in [-0.05, 0) is 30.3 Å². The molecule has 0 spiro atoms. The number of hydrogen-bond donors (Lipinski definition) is 2. The minimum atomic E-state index is -5.47. The van der Waals surface area contributed by atoms with Crippen LogP contribution in [0.4, 0.5) is 28.0 Å². The van der Waals surface area contributed by atoms with Crippen LogP contribution in [0, 0.1) is 5.82 Å². The van der Waals surface area contributed by atoms with Gasteiger partial charge in [0, 0.05) is 5.02 Å². The first-order valence-electron chi connectivity index (χ1n) is 8.16. The number of methoxy groups -OCH3 is 1. The molecule has 4 amide bonds. The van der Waals surface area contributed by atoms with Gasteiger partial charge in [0.25, 0.3) is 17.5 Å². The van der Waals surface area contributed by atoms with E-state index in [2.05, 4.69) is 0 Å². The number of halogens is 5. The van der Waals surface area contributed by atoms with Gasteiger partial charge in [0.1, 0.15) is 11.6 Å². The fraction of sp³-hybridized carbons (Fsp3) is 0.167. The first-order valence-corrected chi connectivity index (χ1v) is 8.53. The van der Waals surface area contributed by atoms with E-state index in [1.54, 1.807) is 0 Å². The number of benzene rings is 2. The van der Waals surface area contributed by atoms with E-state index in [1.165, 1.54) is 42.0 Å². The molecule has 7 nitrogen and oxygen atoms in total. The molecular weight excluding hydrogens is 434 g/mol. The summed E-state index contributed by atoms with van der Waals surface area (Å²) in [5, 5.41) is 2.88. The normalized spacial score (nSPS) is 18.9. The lowest BCUT2D eigenvalue weighted by Gasteiger charge is -2.30. The molecule has 0 radical (unpaired) electrons. The SMILES string of the molecule is COc1ccc(Cl)cc1N1C(=O)NC(NC(=O)c2ccccc2F)(C(F)(F)F)C1=O. The zero-order valence-corrected chi connectivity index (χ0v) is 15.8. The molecule has 3 rings (SSSR count). The Labute approximate surface area is 171 Å². The largest absolute Gasteiger partial charge is 0.495 e. The third-order valence-electron chi connectivity index (χ3n) is 4.25. The van der Waals surface area contributed by atoms with Crippen molar-refractivity contribution < 1.29 is 36.7 Å². The van der Waals surface area contributed by atoms with E-state index in [0.717, 1.165) is 18.2 Å². The van der Waals surface area contributed by atoms with Crippen molar-refractivity contribution in [1.29, 1.82) is 0 Å². The Morgan fingerprint density at radius 3 is 2.47 bits per heavy atom. The molecule has 1 atom stereocenters. The highest BCUT2D eigenvalue weighted by molar-refractivity contribution is 6.32. The minimum Gasteiger partial charge on any atom is -0.495 e. The number of nitrogens with zero attached hydrogens (tertiary/aromatic N) is 1. The first-order chi connectivity index (χ1) is 14.0. The van der Waals surface area contributed by atoms with E-state index >= 15 is 0 Å². The second-order valence-electron chi connectivity index (χ2n) is 6.07. The number of amides is 4. The predicted molar refractivity (Wildman–Crippen MR) is 96.7 cm³/mol. The summed E-state index contributed by atoms with van der Waals surface area (Å²) in [6, 6.07) is 6.34. The molecule has 0 bridgehead atoms. The fourth-order valence-corrected chi connectivity index (χ4v) is 2.98. The van der Waals surface area contributed by atoms with Crippen LogP contribution in [-0.4, -0.2) is 36.8 Å². The van der Waals surface area contributed by atoms with Crippen LogP contribution in [0.3, 0.4) is 0 Å². The summed E-state index contributed by atoms with van der Waals surface area (Å²) in [4.78, 5) is 37.7. The molecule has 0 saturated carbocycles. The number of imide groups is 1. The van der Waals surface area contributed by atoms with Crippen molar-refractivity contribution >= 4 is 35.1 Å². The van der Waals surface area contributed by atoms with Gasteiger partial charge in [0.05, 0.1) is 18.4 Å². The second kappa shape index (κ2) is 7.48. The number of alkyl halides is 3. The quantitative estimate of drug-likeness (QED) is 0.559. The van der Waals surface area contributed by atoms with Gasteiger partial charge < -0.3 is 10.1 Å². The highest BCUT2D eigenvalue weighted by Gasteiger charge is 2.69. The highest BCUT2D eigenvalue weighted by Crippen LogP contribution is 2.39. The summed E-state index contributed by atoms with van der Waals surface area (Å²) in [5.41, 5.74) is -4.96. The van der Waals surface area contributed by atoms with Gasteiger partial charge in [0.15, 0.2) is 0 Å². The maximum atomic E-state index is 13.9. The maximum absolute atomic E-state index is 13.9. The summed E-state index contributed by atoms with van der Waals surface area (Å²) >= 11 is 5.83. The number of rotatable bonds is 4. The molecule has 2 aromatic rings. The van der Waals surface area contributed by atoms with Crippen LogP contribution < -0.4 is 20.3 Å². The topological polar surface area (TPSA) is 87.7 Å². The van der Waals surface area contributed by atoms with Crippen LogP contribution in [0.5, 0.6) is 5.75 Å². The smallest absolute Gasteiger partial charge is 0.440 e. The van der Waals surface area contributed by atoms with E-state index in [0.29, 0.717) is 0 Å². The molecule has 0 aromatic heterocycles. The van der Waals surface area contributed by atoms with Gasteiger partial charge >= 0.3 is 12.2 Å². The summed E-state index contributed by atoms with van der Waals surface area (Å²) in [6.45, 7) is 0. The van der Waals surface area contributed by atoms with Crippen LogP contribution in [0.1, 0.15) is 10.4 Å². The summed E-state index contributed by atoms with van der Waals surface area (Å²) < 4.78 is 60.6. The Bertz CT molecular complexity index is 1050. The number of anilines is 1. The molecule has 1 unspecified atom stereocenters. The van der Waals surface area contributed by atoms with Gasteiger partial charge in [0.2, 0.25) is 0 Å². The molecule has 12 heteroatoms. The van der Waals surface area contributed by atoms with Gasteiger partial charge in [-0.2, -0.15) is 13.2 Å². The van der Waals surface area contributed by atoms with Crippen LogP contribution in [-0.2, 0) is 4.79 Å². The third kappa shape index (κ3) is 3.41. The number of hydrogen-bond acceptors (Lipinski definition) is 4. The molecule has 1 fully saturated rings. The third-order valence-corrected chi connectivity index (χ3v) is 4.48. The van der Waals surface area contributed by atoms with E-state index in [1.807, 2.05) is 0 Å². The molecule has 2 N–H and O–H groups in total. The van der Waals surface area contributed by atoms with Crippen molar-refractivity contribution in [3.8, 4) is 5.75 Å². The molecule has 1 aliphatic heterocycles. The van der Waals surface area contributed by atoms with Gasteiger partial charge in [-0.25, -0.2) is 14.1 Å². The average Bonchev–Trinajstić information content (AvgIpc) is 2.92. The van der Waals surface area contributed by atoms with E-state index in [4.69, 9.17) is 16.3 Å². The van der Waals surface area contributed by atoms with Gasteiger partial charge in [-0.1, -0.05) is 23.7 Å². The molecule has 0 aliphatic carbocycles. The van der Waals surface area contributed by atoms with Crippen LogP contribution in [0.2, 0.25) is 5.02 Å². The summed E-state index contributed by atoms with van der Waals surface area (Å²) in [6.07, 6.45) is -5.47. The van der Waals surface area contributed by atoms with E-state index < -0.39 is 41.1 Å². The molecule has 1 aliphatic rings. The van der Waals surface area contributed by atoms with Crippen molar-refractivity contribution in [1.82, 2.24) is 10.6 Å². The molecule has 1 heterocycles. The summed E-state index contributed by atoms with van der Waals surface area (Å²) in [5.74, 6) is -4.66. The molecular formula is C18H12ClF4N3O4. The molecule has 158 valence electrons. The van der Waals surface area contributed by atoms with Gasteiger partial charge in [-0.15, -0.1) is 0 Å². The van der Waals surface area contributed by atoms with Crippen LogP contribution in [0.25, 0.3) is 0 Å². The monoisotopic (exact) mass is 445 g/mol. The van der Waals surface area contributed by atoms with Crippen molar-refractivity contribution in [2.45, 2.75) is 11.8 Å². The highest BCUT2D eigenvalue weighted by atomic mass is 35.5. The average molecular weight is 446 g/mol. The fourth-order valence-electron chi connectivity index (χ4n) is 2.82. The van der Waals surface area contributed by atoms with Crippen molar-refractivity contribution in [2.24, 2.45) is 0 Å². The van der Waals surface area contributed by atoms with Crippen molar-refractivity contribution in [2.75, 3.05) is 12.0 Å². The number of carbonyl (C=O) groups excluding carboxylic acids is 3. The van der Waals surface area contributed by atoms with Crippen LogP contribution >= 0.6 is 11.6 Å². The van der Waals surface area contributed by atoms with Crippen molar-refractivity contribution in [3.05, 3.63) is 58.9 Å². The zero-order valence-electron chi connectivity index (χ0n) is 15.0. The Morgan fingerprint density at radius 2 is 1.87 bits per heavy atom. The number of ether oxygens (including phenoxy) is 1. The standard InChI is InChI=1S/C18H12ClF4N3O4/c1-30-13-7-6-9(19)8-12(13)26-15(28)17(18(21,22)23,25-16(26)29)24-14(27)10-4-2-3-5-11(10)20/h2-8H,1H3,(H,24,27)(H,25,29). The molecule has 2 aromatic carbocycles. The van der Waals surface area contributed by atoms with Crippen molar-refractivity contribution in [3.63, 3.8) is 0 Å². The second-order valence-corrected chi connectivity index (χ2v) is 6.51. The Kier molecular flexibility index (Phi) is 5.33. The van der Waals surface area contributed by atoms with E-state index in [9.17, 15) is 31.9 Å². The van der Waals surface area contributed by atoms with Crippen LogP contribution in [0.15, 0.2) is 42.5 Å². The lowest BCUT2D eigenvalue weighted by atomic mass is 10.1. The molecule has 1 saturated heterocycles. The van der Waals surface area contributed by atoms with E-state index in [-0.39, 0.29) is 21.4 Å². The zero-order chi connectivity index (χ0) is 22.3. The number of carbonyl (C=O) groups is 3. The first kappa shape index (κ1) is 21.4. The lowest BCUT2D eigenvalue weighted by molar-refractivity contribution is -0.197. The minimum absolute atomic E-state index is 0.00583. The lowest BCUT2D eigenvalue weighted by Crippen LogP contribution is -2.69. The summed E-state index contributed by atoms with van der Waals surface area (Å²) in [7, 11) is 1.17. The maximum Gasteiger partial charge on any atom is 0.440 e. The van der Waals surface area contributed by atoms with Gasteiger partial charge in [-0.3, -0.25) is 14.9 Å². The Morgan fingerprint density at radius 1 is 1.20 bits per heavy atom.